The number of carboxylic acid groups (broad SMARTS) is 1. The van der Waals surface area contributed by atoms with E-state index in [4.69, 9.17) is 21.3 Å². The van der Waals surface area contributed by atoms with Crippen LogP contribution in [0.3, 0.4) is 0 Å². The number of hydrogen-bond acceptors (Lipinski definition) is 8. The zero-order valence-electron chi connectivity index (χ0n) is 27.2. The van der Waals surface area contributed by atoms with E-state index in [9.17, 15) is 23.1 Å². The lowest BCUT2D eigenvalue weighted by molar-refractivity contribution is -0.134. The number of aliphatic carboxylic acids is 1. The van der Waals surface area contributed by atoms with Gasteiger partial charge in [-0.2, -0.15) is 0 Å². The number of sulfonamides is 1. The summed E-state index contributed by atoms with van der Waals surface area (Å²) in [5.74, 6) is -2.36. The highest BCUT2D eigenvalue weighted by Gasteiger charge is 2.37. The van der Waals surface area contributed by atoms with E-state index in [1.54, 1.807) is 44.2 Å². The Balaban J connectivity index is 1.51. The number of carboxylic acids is 1. The summed E-state index contributed by atoms with van der Waals surface area (Å²) in [5.41, 5.74) is 7.94. The summed E-state index contributed by atoms with van der Waals surface area (Å²) in [5, 5.41) is 28.2. The van der Waals surface area contributed by atoms with Crippen LogP contribution in [-0.2, 0) is 19.6 Å². The fourth-order valence-electron chi connectivity index (χ4n) is 5.88. The number of nitrogen functional groups attached to an aromatic ring is 1. The van der Waals surface area contributed by atoms with Gasteiger partial charge in [0.1, 0.15) is 29.6 Å². The number of imidazole rings is 1. The monoisotopic (exact) mass is 688 g/mol. The number of likely N-dealkylation sites (tertiary alicyclic amines) is 1. The fourth-order valence-corrected chi connectivity index (χ4v) is 7.34. The highest BCUT2D eigenvalue weighted by molar-refractivity contribution is 7.93. The number of rotatable bonds is 13. The molecule has 1 fully saturated rings. The lowest BCUT2D eigenvalue weighted by Crippen LogP contribution is -2.41. The normalized spacial score (nSPS) is 14.9. The summed E-state index contributed by atoms with van der Waals surface area (Å²) in [6, 6.07) is 18.6. The van der Waals surface area contributed by atoms with Gasteiger partial charge in [0.2, 0.25) is 15.9 Å². The number of nitrogens with zero attached hydrogens (tertiary/aromatic N) is 3. The van der Waals surface area contributed by atoms with Crippen molar-refractivity contribution in [2.45, 2.75) is 51.3 Å². The van der Waals surface area contributed by atoms with Crippen LogP contribution in [-0.4, -0.2) is 76.9 Å². The van der Waals surface area contributed by atoms with E-state index in [2.05, 4.69) is 15.3 Å². The zero-order chi connectivity index (χ0) is 35.3. The van der Waals surface area contributed by atoms with Crippen molar-refractivity contribution in [2.75, 3.05) is 23.1 Å². The van der Waals surface area contributed by atoms with Crippen LogP contribution in [0.1, 0.15) is 62.1 Å². The Morgan fingerprint density at radius 1 is 1.10 bits per heavy atom. The predicted octanol–water partition coefficient (Wildman–Crippen LogP) is 3.92. The molecule has 0 aliphatic carbocycles. The van der Waals surface area contributed by atoms with Crippen LogP contribution in [0, 0.1) is 10.8 Å². The molecule has 1 aliphatic heterocycles. The van der Waals surface area contributed by atoms with Gasteiger partial charge < -0.3 is 30.8 Å². The number of fused-ring (bicyclic) bond motifs is 1. The van der Waals surface area contributed by atoms with Crippen LogP contribution in [0.15, 0.2) is 72.8 Å². The minimum Gasteiger partial charge on any atom is -0.490 e. The van der Waals surface area contributed by atoms with E-state index in [1.807, 2.05) is 35.2 Å². The van der Waals surface area contributed by atoms with Gasteiger partial charge in [0.15, 0.2) is 5.75 Å². The first kappa shape index (κ1) is 34.9. The van der Waals surface area contributed by atoms with Crippen molar-refractivity contribution in [1.82, 2.24) is 20.2 Å². The third-order valence-corrected chi connectivity index (χ3v) is 10.1. The number of ether oxygens (including phenoxy) is 1. The van der Waals surface area contributed by atoms with Gasteiger partial charge >= 0.3 is 5.97 Å². The summed E-state index contributed by atoms with van der Waals surface area (Å²) in [6.07, 6.45) is 0.936. The van der Waals surface area contributed by atoms with Gasteiger partial charge in [-0.25, -0.2) is 13.4 Å². The van der Waals surface area contributed by atoms with Crippen molar-refractivity contribution in [3.63, 3.8) is 0 Å². The minimum absolute atomic E-state index is 0.0909. The summed E-state index contributed by atoms with van der Waals surface area (Å²) in [7, 11) is -4.59. The van der Waals surface area contributed by atoms with Gasteiger partial charge in [0.25, 0.3) is 0 Å². The van der Waals surface area contributed by atoms with Crippen molar-refractivity contribution in [1.29, 1.82) is 10.8 Å². The quantitative estimate of drug-likeness (QED) is 0.0885. The molecule has 1 aliphatic rings. The minimum atomic E-state index is -4.59. The number of benzene rings is 3. The molecule has 14 nitrogen and oxygen atoms in total. The van der Waals surface area contributed by atoms with E-state index in [0.29, 0.717) is 54.1 Å². The molecule has 7 N–H and O–H groups in total. The summed E-state index contributed by atoms with van der Waals surface area (Å²) in [4.78, 5) is 35.1. The molecule has 0 radical (unpaired) electrons. The summed E-state index contributed by atoms with van der Waals surface area (Å²) >= 11 is 0. The molecule has 2 heterocycles. The molecule has 1 amide bonds. The lowest BCUT2D eigenvalue weighted by Gasteiger charge is -2.33. The van der Waals surface area contributed by atoms with Crippen LogP contribution < -0.4 is 20.1 Å². The second-order valence-corrected chi connectivity index (χ2v) is 13.9. The third-order valence-electron chi connectivity index (χ3n) is 8.38. The molecule has 1 aromatic heterocycles. The number of carbonyl (C=O) groups is 2. The van der Waals surface area contributed by atoms with Crippen molar-refractivity contribution in [3.05, 3.63) is 89.7 Å². The molecule has 15 heteroatoms. The second kappa shape index (κ2) is 14.8. The number of carbonyl (C=O) groups excluding carboxylic acids is 1. The molecule has 0 bridgehead atoms. The number of amides is 1. The Hall–Kier alpha value is -5.44. The Labute approximate surface area is 284 Å². The Morgan fingerprint density at radius 3 is 2.39 bits per heavy atom. The molecular weight excluding hydrogens is 648 g/mol. The number of aromatic nitrogens is 2. The predicted molar refractivity (Wildman–Crippen MR) is 186 cm³/mol. The van der Waals surface area contributed by atoms with Gasteiger partial charge in [0.05, 0.1) is 35.0 Å². The van der Waals surface area contributed by atoms with Crippen LogP contribution in [0.25, 0.3) is 11.0 Å². The fraction of sp³-hybridized carbons (Fsp3) is 0.324. The molecule has 0 saturated carbocycles. The van der Waals surface area contributed by atoms with E-state index in [1.165, 1.54) is 12.1 Å². The number of hydrogen-bond donors (Lipinski definition) is 6. The van der Waals surface area contributed by atoms with E-state index < -0.39 is 46.2 Å². The van der Waals surface area contributed by atoms with Crippen molar-refractivity contribution >= 4 is 50.3 Å². The van der Waals surface area contributed by atoms with Crippen LogP contribution >= 0.6 is 0 Å². The first-order chi connectivity index (χ1) is 23.3. The SMILES string of the molecule is CC(=N)N1CCC(Oc2ccc(N([C@@H](CC(=O)NC(C)c3ccccc3)c3nc4ccc(C(=N)N)cc4[nH]3)S(=O)(=O)CC(=O)O)cc2)CC1. The van der Waals surface area contributed by atoms with Crippen LogP contribution in [0.2, 0.25) is 0 Å². The molecule has 1 saturated heterocycles. The largest absolute Gasteiger partial charge is 0.490 e. The molecule has 49 heavy (non-hydrogen) atoms. The summed E-state index contributed by atoms with van der Waals surface area (Å²) < 4.78 is 34.9. The number of amidine groups is 2. The molecule has 3 aromatic carbocycles. The standard InChI is InChI=1S/C34H40N8O6S/c1-21(23-6-4-3-5-7-23)38-31(43)19-30(34-39-28-13-8-24(33(36)37)18-29(28)40-34)42(49(46,47)20-32(44)45)25-9-11-26(12-10-25)48-27-14-16-41(17-15-27)22(2)35/h3-13,18,21,27,30,35H,14-17,19-20H2,1-2H3,(H3,36,37)(H,38,43)(H,39,40)(H,44,45)/t21?,30-/m0/s1. The number of nitrogens with one attached hydrogen (secondary N) is 4. The van der Waals surface area contributed by atoms with Crippen molar-refractivity contribution in [3.8, 4) is 5.75 Å². The number of H-pyrrole nitrogens is 1. The van der Waals surface area contributed by atoms with Crippen LogP contribution in [0.5, 0.6) is 5.75 Å². The number of aromatic amines is 1. The maximum atomic E-state index is 13.9. The lowest BCUT2D eigenvalue weighted by atomic mass is 10.1. The van der Waals surface area contributed by atoms with E-state index >= 15 is 0 Å². The third kappa shape index (κ3) is 8.54. The van der Waals surface area contributed by atoms with E-state index in [-0.39, 0.29) is 23.5 Å². The Kier molecular flexibility index (Phi) is 10.5. The van der Waals surface area contributed by atoms with Crippen molar-refractivity contribution < 1.29 is 27.9 Å². The average Bonchev–Trinajstić information content (AvgIpc) is 3.49. The number of nitrogens with two attached hydrogens (primary N) is 1. The number of piperidine rings is 1. The smallest absolute Gasteiger partial charge is 0.320 e. The maximum absolute atomic E-state index is 13.9. The Bertz CT molecular complexity index is 1940. The van der Waals surface area contributed by atoms with Gasteiger partial charge in [-0.05, 0) is 61.9 Å². The first-order valence-corrected chi connectivity index (χ1v) is 17.4. The van der Waals surface area contributed by atoms with Crippen LogP contribution in [0.4, 0.5) is 5.69 Å². The van der Waals surface area contributed by atoms with Gasteiger partial charge in [-0.15, -0.1) is 0 Å². The molecule has 0 spiro atoms. The molecule has 258 valence electrons. The first-order valence-electron chi connectivity index (χ1n) is 15.8. The molecule has 2 atom stereocenters. The molecule has 4 aromatic rings. The van der Waals surface area contributed by atoms with Gasteiger partial charge in [0, 0.05) is 31.5 Å². The van der Waals surface area contributed by atoms with Crippen molar-refractivity contribution in [2.24, 2.45) is 5.73 Å². The molecule has 5 rings (SSSR count). The molecular formula is C34H40N8O6S. The molecule has 1 unspecified atom stereocenters. The highest BCUT2D eigenvalue weighted by Crippen LogP contribution is 2.35. The van der Waals surface area contributed by atoms with Gasteiger partial charge in [-0.1, -0.05) is 30.3 Å². The zero-order valence-corrected chi connectivity index (χ0v) is 28.0. The van der Waals surface area contributed by atoms with Gasteiger partial charge in [-0.3, -0.25) is 24.7 Å². The summed E-state index contributed by atoms with van der Waals surface area (Å²) in [6.45, 7) is 4.94. The van der Waals surface area contributed by atoms with E-state index in [0.717, 1.165) is 9.87 Å². The topological polar surface area (TPSA) is 219 Å². The highest BCUT2D eigenvalue weighted by atomic mass is 32.2. The second-order valence-electron chi connectivity index (χ2n) is 12.0. The maximum Gasteiger partial charge on any atom is 0.320 e. The Morgan fingerprint density at radius 2 is 1.78 bits per heavy atom. The average molecular weight is 689 g/mol. The number of anilines is 1.